The molecule has 4 N–H and O–H groups in total. The number of rotatable bonds is 6. The lowest BCUT2D eigenvalue weighted by atomic mass is 10.3. The third-order valence-corrected chi connectivity index (χ3v) is 3.19. The predicted molar refractivity (Wildman–Crippen MR) is 89.4 cm³/mol. The number of carbonyl (C=O) groups excluding carboxylic acids is 2. The molecular formula is C16H16F2N4O4. The zero-order chi connectivity index (χ0) is 19.1. The summed E-state index contributed by atoms with van der Waals surface area (Å²) in [5.74, 6) is -3.83. The Hall–Kier alpha value is -3.56. The van der Waals surface area contributed by atoms with Crippen LogP contribution in [0.5, 0.6) is 11.5 Å². The second kappa shape index (κ2) is 8.51. The van der Waals surface area contributed by atoms with Gasteiger partial charge in [0, 0.05) is 0 Å². The van der Waals surface area contributed by atoms with Crippen LogP contribution >= 0.6 is 0 Å². The van der Waals surface area contributed by atoms with Crippen LogP contribution in [0.4, 0.5) is 20.2 Å². The van der Waals surface area contributed by atoms with Crippen molar-refractivity contribution in [2.75, 3.05) is 25.1 Å². The maximum absolute atomic E-state index is 13.9. The molecule has 10 heteroatoms. The van der Waals surface area contributed by atoms with Crippen LogP contribution < -0.4 is 31.2 Å². The molecule has 0 spiro atoms. The highest BCUT2D eigenvalue weighted by molar-refractivity contribution is 6.35. The zero-order valence-corrected chi connectivity index (χ0v) is 13.9. The zero-order valence-electron chi connectivity index (χ0n) is 13.9. The van der Waals surface area contributed by atoms with Gasteiger partial charge in [0.15, 0.2) is 23.1 Å². The lowest BCUT2D eigenvalue weighted by Crippen LogP contribution is -2.44. The minimum absolute atomic E-state index is 0.0381. The summed E-state index contributed by atoms with van der Waals surface area (Å²) in [7, 11) is 2.58. The number of methoxy groups -OCH3 is 2. The van der Waals surface area contributed by atoms with E-state index in [0.29, 0.717) is 0 Å². The fraction of sp³-hybridized carbons (Fsp3) is 0.125. The molecule has 0 aliphatic rings. The van der Waals surface area contributed by atoms with Gasteiger partial charge in [-0.1, -0.05) is 12.1 Å². The molecule has 0 bridgehead atoms. The van der Waals surface area contributed by atoms with Gasteiger partial charge in [-0.05, 0) is 24.3 Å². The van der Waals surface area contributed by atoms with E-state index in [9.17, 15) is 18.4 Å². The first-order valence-electron chi connectivity index (χ1n) is 7.25. The van der Waals surface area contributed by atoms with Gasteiger partial charge in [-0.25, -0.2) is 8.78 Å². The molecule has 0 fully saturated rings. The second-order valence-corrected chi connectivity index (χ2v) is 4.80. The molecular weight excluding hydrogens is 350 g/mol. The standard InChI is InChI=1S/C16H16F2N4O4/c1-25-11-7-3-5-9(13(11)17)19-21-15(23)16(24)22-20-10-6-4-8-12(26-2)14(10)18/h3-8,19-20H,1-2H3,(H,21,23)(H,22,24). The Morgan fingerprint density at radius 1 is 0.769 bits per heavy atom. The third kappa shape index (κ3) is 4.29. The van der Waals surface area contributed by atoms with E-state index in [4.69, 9.17) is 9.47 Å². The normalized spacial score (nSPS) is 9.85. The second-order valence-electron chi connectivity index (χ2n) is 4.80. The molecule has 0 unspecified atom stereocenters. The van der Waals surface area contributed by atoms with Gasteiger partial charge in [-0.15, -0.1) is 0 Å². The molecule has 0 aromatic heterocycles. The number of ether oxygens (including phenoxy) is 2. The third-order valence-electron chi connectivity index (χ3n) is 3.19. The molecule has 0 atom stereocenters. The fourth-order valence-electron chi connectivity index (χ4n) is 1.89. The quantitative estimate of drug-likeness (QED) is 0.457. The summed E-state index contributed by atoms with van der Waals surface area (Å²) >= 11 is 0. The molecule has 2 aromatic carbocycles. The summed E-state index contributed by atoms with van der Waals surface area (Å²) in [4.78, 5) is 23.4. The largest absolute Gasteiger partial charge is 0.494 e. The number of amides is 2. The van der Waals surface area contributed by atoms with E-state index in [-0.39, 0.29) is 22.9 Å². The van der Waals surface area contributed by atoms with Crippen molar-refractivity contribution in [1.82, 2.24) is 10.9 Å². The number of hydrazine groups is 2. The number of halogens is 2. The van der Waals surface area contributed by atoms with Crippen molar-refractivity contribution in [3.05, 3.63) is 48.0 Å². The number of hydrogen-bond acceptors (Lipinski definition) is 6. The summed E-state index contributed by atoms with van der Waals surface area (Å²) in [6.07, 6.45) is 0. The minimum atomic E-state index is -1.14. The van der Waals surface area contributed by atoms with Gasteiger partial charge in [-0.3, -0.25) is 31.3 Å². The average molecular weight is 366 g/mol. The van der Waals surface area contributed by atoms with Crippen LogP contribution in [0.1, 0.15) is 0 Å². The molecule has 0 aliphatic carbocycles. The molecule has 0 radical (unpaired) electrons. The molecule has 0 saturated heterocycles. The SMILES string of the molecule is COc1cccc(NNC(=O)C(=O)NNc2cccc(OC)c2F)c1F. The Kier molecular flexibility index (Phi) is 6.15. The van der Waals surface area contributed by atoms with Crippen LogP contribution in [-0.2, 0) is 9.59 Å². The minimum Gasteiger partial charge on any atom is -0.494 e. The first-order valence-corrected chi connectivity index (χ1v) is 7.25. The van der Waals surface area contributed by atoms with Crippen LogP contribution in [0.3, 0.4) is 0 Å². The van der Waals surface area contributed by atoms with E-state index >= 15 is 0 Å². The van der Waals surface area contributed by atoms with E-state index in [2.05, 4.69) is 10.9 Å². The lowest BCUT2D eigenvalue weighted by molar-refractivity contribution is -0.138. The van der Waals surface area contributed by atoms with E-state index < -0.39 is 23.4 Å². The topological polar surface area (TPSA) is 101 Å². The van der Waals surface area contributed by atoms with Crippen LogP contribution in [-0.4, -0.2) is 26.0 Å². The van der Waals surface area contributed by atoms with Gasteiger partial charge in [0.2, 0.25) is 0 Å². The highest BCUT2D eigenvalue weighted by Crippen LogP contribution is 2.24. The first kappa shape index (κ1) is 18.8. The number of anilines is 2. The Morgan fingerprint density at radius 3 is 1.50 bits per heavy atom. The van der Waals surface area contributed by atoms with Crippen molar-refractivity contribution in [2.45, 2.75) is 0 Å². The maximum Gasteiger partial charge on any atom is 0.329 e. The summed E-state index contributed by atoms with van der Waals surface area (Å²) < 4.78 is 37.4. The molecule has 0 saturated carbocycles. The Morgan fingerprint density at radius 2 is 1.15 bits per heavy atom. The molecule has 2 amide bonds. The van der Waals surface area contributed by atoms with Gasteiger partial charge in [0.25, 0.3) is 0 Å². The summed E-state index contributed by atoms with van der Waals surface area (Å²) in [5, 5.41) is 0. The Balaban J connectivity index is 1.91. The highest BCUT2D eigenvalue weighted by atomic mass is 19.1. The Labute approximate surface area is 147 Å². The first-order chi connectivity index (χ1) is 12.5. The summed E-state index contributed by atoms with van der Waals surface area (Å²) in [5.41, 5.74) is 8.34. The summed E-state index contributed by atoms with van der Waals surface area (Å²) in [6, 6.07) is 8.43. The molecule has 138 valence electrons. The van der Waals surface area contributed by atoms with Crippen LogP contribution in [0, 0.1) is 11.6 Å². The van der Waals surface area contributed by atoms with E-state index in [0.717, 1.165) is 0 Å². The molecule has 0 heterocycles. The van der Waals surface area contributed by atoms with Crippen molar-refractivity contribution < 1.29 is 27.8 Å². The highest BCUT2D eigenvalue weighted by Gasteiger charge is 2.16. The molecule has 2 rings (SSSR count). The van der Waals surface area contributed by atoms with Crippen LogP contribution in [0.15, 0.2) is 36.4 Å². The van der Waals surface area contributed by atoms with Gasteiger partial charge >= 0.3 is 11.8 Å². The fourth-order valence-corrected chi connectivity index (χ4v) is 1.89. The van der Waals surface area contributed by atoms with E-state index in [1.165, 1.54) is 50.6 Å². The van der Waals surface area contributed by atoms with E-state index in [1.54, 1.807) is 0 Å². The van der Waals surface area contributed by atoms with Crippen LogP contribution in [0.2, 0.25) is 0 Å². The van der Waals surface area contributed by atoms with Gasteiger partial charge in [0.05, 0.1) is 25.6 Å². The monoisotopic (exact) mass is 366 g/mol. The number of carbonyl (C=O) groups is 2. The van der Waals surface area contributed by atoms with Crippen molar-refractivity contribution in [3.8, 4) is 11.5 Å². The summed E-state index contributed by atoms with van der Waals surface area (Å²) in [6.45, 7) is 0. The van der Waals surface area contributed by atoms with Crippen molar-refractivity contribution >= 4 is 23.2 Å². The van der Waals surface area contributed by atoms with Gasteiger partial charge < -0.3 is 9.47 Å². The maximum atomic E-state index is 13.9. The smallest absolute Gasteiger partial charge is 0.329 e. The molecule has 2 aromatic rings. The predicted octanol–water partition coefficient (Wildman–Crippen LogP) is 1.57. The van der Waals surface area contributed by atoms with Crippen LogP contribution in [0.25, 0.3) is 0 Å². The molecule has 26 heavy (non-hydrogen) atoms. The van der Waals surface area contributed by atoms with Crippen molar-refractivity contribution in [1.29, 1.82) is 0 Å². The number of hydrogen-bond donors (Lipinski definition) is 4. The van der Waals surface area contributed by atoms with Crippen molar-refractivity contribution in [2.24, 2.45) is 0 Å². The number of nitrogens with one attached hydrogen (secondary N) is 4. The van der Waals surface area contributed by atoms with Gasteiger partial charge in [0.1, 0.15) is 0 Å². The number of benzene rings is 2. The van der Waals surface area contributed by atoms with E-state index in [1.807, 2.05) is 10.9 Å². The lowest BCUT2D eigenvalue weighted by Gasteiger charge is -2.13. The molecule has 8 nitrogen and oxygen atoms in total. The molecule has 0 aliphatic heterocycles. The average Bonchev–Trinajstić information content (AvgIpc) is 2.65. The Bertz CT molecular complexity index is 749. The van der Waals surface area contributed by atoms with Crippen molar-refractivity contribution in [3.63, 3.8) is 0 Å². The van der Waals surface area contributed by atoms with Gasteiger partial charge in [-0.2, -0.15) is 0 Å².